The molecule has 2 aromatic rings. The number of rotatable bonds is 3. The number of nitrogens with zero attached hydrogens (tertiary/aromatic N) is 2. The Bertz CT molecular complexity index is 965. The van der Waals surface area contributed by atoms with E-state index in [1.807, 2.05) is 6.92 Å². The molecule has 0 radical (unpaired) electrons. The molecule has 2 aromatic carbocycles. The molecule has 0 N–H and O–H groups in total. The van der Waals surface area contributed by atoms with Crippen LogP contribution in [-0.4, -0.2) is 38.3 Å². The largest absolute Gasteiger partial charge is 0.307 e. The van der Waals surface area contributed by atoms with Crippen LogP contribution in [0, 0.1) is 0 Å². The SMILES string of the molecule is CCN1C(=O)c2cccc3c(S(=O)(=O)N4CCCC4)cc(Cl)c1c23. The number of anilines is 1. The average Bonchev–Trinajstić information content (AvgIpc) is 3.19. The Hall–Kier alpha value is -1.63. The molecular weight excluding hydrogens is 348 g/mol. The average molecular weight is 365 g/mol. The smallest absolute Gasteiger partial charge is 0.259 e. The van der Waals surface area contributed by atoms with Crippen molar-refractivity contribution in [2.45, 2.75) is 24.7 Å². The Morgan fingerprint density at radius 3 is 2.58 bits per heavy atom. The van der Waals surface area contributed by atoms with Gasteiger partial charge in [-0.25, -0.2) is 8.42 Å². The van der Waals surface area contributed by atoms with E-state index in [0.29, 0.717) is 46.7 Å². The number of benzene rings is 2. The first-order chi connectivity index (χ1) is 11.5. The normalized spacial score (nSPS) is 18.1. The first-order valence-electron chi connectivity index (χ1n) is 8.04. The van der Waals surface area contributed by atoms with Crippen molar-refractivity contribution < 1.29 is 13.2 Å². The van der Waals surface area contributed by atoms with Gasteiger partial charge in [0.05, 0.1) is 15.6 Å². The van der Waals surface area contributed by atoms with Crippen molar-refractivity contribution in [3.8, 4) is 0 Å². The topological polar surface area (TPSA) is 57.7 Å². The lowest BCUT2D eigenvalue weighted by atomic mass is 10.1. The van der Waals surface area contributed by atoms with Gasteiger partial charge in [0.25, 0.3) is 5.91 Å². The van der Waals surface area contributed by atoms with Gasteiger partial charge in [0.1, 0.15) is 0 Å². The maximum Gasteiger partial charge on any atom is 0.259 e. The van der Waals surface area contributed by atoms with Crippen LogP contribution >= 0.6 is 11.6 Å². The molecule has 0 aromatic heterocycles. The van der Waals surface area contributed by atoms with Gasteiger partial charge in [0, 0.05) is 36.0 Å². The molecule has 126 valence electrons. The highest BCUT2D eigenvalue weighted by Crippen LogP contribution is 2.45. The fourth-order valence-electron chi connectivity index (χ4n) is 3.67. The van der Waals surface area contributed by atoms with E-state index in [9.17, 15) is 13.2 Å². The third-order valence-electron chi connectivity index (χ3n) is 4.80. The van der Waals surface area contributed by atoms with Gasteiger partial charge in [-0.2, -0.15) is 4.31 Å². The molecule has 0 unspecified atom stereocenters. The van der Waals surface area contributed by atoms with Crippen LogP contribution in [0.5, 0.6) is 0 Å². The number of carbonyl (C=O) groups is 1. The predicted octanol–water partition coefficient (Wildman–Crippen LogP) is 3.26. The first kappa shape index (κ1) is 15.9. The summed E-state index contributed by atoms with van der Waals surface area (Å²) in [5, 5.41) is 1.53. The van der Waals surface area contributed by atoms with Crippen molar-refractivity contribution in [3.05, 3.63) is 34.9 Å². The van der Waals surface area contributed by atoms with E-state index in [1.165, 1.54) is 10.4 Å². The molecule has 0 spiro atoms. The quantitative estimate of drug-likeness (QED) is 0.840. The Morgan fingerprint density at radius 2 is 1.92 bits per heavy atom. The lowest BCUT2D eigenvalue weighted by Gasteiger charge is -2.20. The van der Waals surface area contributed by atoms with Crippen LogP contribution in [0.2, 0.25) is 5.02 Å². The number of carbonyl (C=O) groups excluding carboxylic acids is 1. The molecule has 0 atom stereocenters. The van der Waals surface area contributed by atoms with Crippen molar-refractivity contribution in [3.63, 3.8) is 0 Å². The predicted molar refractivity (Wildman–Crippen MR) is 94.3 cm³/mol. The highest BCUT2D eigenvalue weighted by Gasteiger charge is 2.35. The summed E-state index contributed by atoms with van der Waals surface area (Å²) in [5.41, 5.74) is 1.14. The van der Waals surface area contributed by atoms with Crippen LogP contribution in [0.4, 0.5) is 5.69 Å². The van der Waals surface area contributed by atoms with E-state index in [1.54, 1.807) is 23.1 Å². The number of halogens is 1. The van der Waals surface area contributed by atoms with Crippen LogP contribution < -0.4 is 4.90 Å². The summed E-state index contributed by atoms with van der Waals surface area (Å²) in [6, 6.07) is 6.72. The van der Waals surface area contributed by atoms with E-state index in [0.717, 1.165) is 12.8 Å². The second-order valence-corrected chi connectivity index (χ2v) is 8.41. The molecule has 24 heavy (non-hydrogen) atoms. The van der Waals surface area contributed by atoms with Crippen LogP contribution in [0.3, 0.4) is 0 Å². The first-order valence-corrected chi connectivity index (χ1v) is 9.86. The molecule has 0 saturated carbocycles. The van der Waals surface area contributed by atoms with Gasteiger partial charge in [0.15, 0.2) is 0 Å². The second kappa shape index (κ2) is 5.44. The van der Waals surface area contributed by atoms with Crippen molar-refractivity contribution >= 4 is 44.0 Å². The number of amides is 1. The van der Waals surface area contributed by atoms with Gasteiger partial charge in [-0.1, -0.05) is 23.7 Å². The second-order valence-electron chi connectivity index (χ2n) is 6.09. The fraction of sp³-hybridized carbons (Fsp3) is 0.353. The van der Waals surface area contributed by atoms with E-state index in [-0.39, 0.29) is 10.8 Å². The number of hydrogen-bond acceptors (Lipinski definition) is 3. The number of hydrogen-bond donors (Lipinski definition) is 0. The van der Waals surface area contributed by atoms with E-state index >= 15 is 0 Å². The zero-order valence-electron chi connectivity index (χ0n) is 13.3. The summed E-state index contributed by atoms with van der Waals surface area (Å²) in [6.07, 6.45) is 1.74. The van der Waals surface area contributed by atoms with Crippen molar-refractivity contribution in [1.82, 2.24) is 4.31 Å². The maximum absolute atomic E-state index is 13.0. The van der Waals surface area contributed by atoms with Gasteiger partial charge in [0.2, 0.25) is 10.0 Å². The molecule has 0 bridgehead atoms. The third kappa shape index (κ3) is 2.03. The third-order valence-corrected chi connectivity index (χ3v) is 7.02. The lowest BCUT2D eigenvalue weighted by Crippen LogP contribution is -2.28. The van der Waals surface area contributed by atoms with Crippen LogP contribution in [0.1, 0.15) is 30.1 Å². The highest BCUT2D eigenvalue weighted by atomic mass is 35.5. The van der Waals surface area contributed by atoms with Gasteiger partial charge in [-0.15, -0.1) is 0 Å². The zero-order chi connectivity index (χ0) is 17.1. The van der Waals surface area contributed by atoms with Gasteiger partial charge in [-0.3, -0.25) is 4.79 Å². The molecule has 4 rings (SSSR count). The summed E-state index contributed by atoms with van der Waals surface area (Å²) < 4.78 is 27.6. The van der Waals surface area contributed by atoms with Crippen LogP contribution in [0.25, 0.3) is 10.8 Å². The summed E-state index contributed by atoms with van der Waals surface area (Å²) in [6.45, 7) is 3.42. The molecule has 2 heterocycles. The molecule has 7 heteroatoms. The van der Waals surface area contributed by atoms with Crippen LogP contribution in [-0.2, 0) is 10.0 Å². The summed E-state index contributed by atoms with van der Waals surface area (Å²) >= 11 is 6.42. The molecule has 0 aliphatic carbocycles. The van der Waals surface area contributed by atoms with Crippen molar-refractivity contribution in [2.24, 2.45) is 0 Å². The molecule has 1 fully saturated rings. The summed E-state index contributed by atoms with van der Waals surface area (Å²) in [7, 11) is -3.62. The summed E-state index contributed by atoms with van der Waals surface area (Å²) in [5.74, 6) is -0.129. The molecule has 5 nitrogen and oxygen atoms in total. The minimum Gasteiger partial charge on any atom is -0.307 e. The highest BCUT2D eigenvalue weighted by molar-refractivity contribution is 7.89. The Morgan fingerprint density at radius 1 is 1.21 bits per heavy atom. The maximum atomic E-state index is 13.0. The van der Waals surface area contributed by atoms with E-state index < -0.39 is 10.0 Å². The lowest BCUT2D eigenvalue weighted by molar-refractivity contribution is 0.0994. The van der Waals surface area contributed by atoms with Crippen molar-refractivity contribution in [1.29, 1.82) is 0 Å². The monoisotopic (exact) mass is 364 g/mol. The van der Waals surface area contributed by atoms with Gasteiger partial charge >= 0.3 is 0 Å². The molecule has 1 amide bonds. The van der Waals surface area contributed by atoms with Crippen molar-refractivity contribution in [2.75, 3.05) is 24.5 Å². The minimum absolute atomic E-state index is 0.129. The van der Waals surface area contributed by atoms with Crippen LogP contribution in [0.15, 0.2) is 29.2 Å². The summed E-state index contributed by atoms with van der Waals surface area (Å²) in [4.78, 5) is 14.4. The zero-order valence-corrected chi connectivity index (χ0v) is 14.8. The molecule has 2 aliphatic heterocycles. The van der Waals surface area contributed by atoms with E-state index in [2.05, 4.69) is 0 Å². The van der Waals surface area contributed by atoms with Gasteiger partial charge < -0.3 is 4.90 Å². The number of sulfonamides is 1. The fourth-order valence-corrected chi connectivity index (χ4v) is 5.77. The Labute approximate surface area is 145 Å². The molecule has 1 saturated heterocycles. The Balaban J connectivity index is 2.04. The Kier molecular flexibility index (Phi) is 3.60. The van der Waals surface area contributed by atoms with E-state index in [4.69, 9.17) is 11.6 Å². The molecular formula is C17H17ClN2O3S. The standard InChI is InChI=1S/C17H17ClN2O3S/c1-2-20-16-13(18)10-14(24(22,23)19-8-3-4-9-19)11-6-5-7-12(15(11)16)17(20)21/h5-7,10H,2-4,8-9H2,1H3. The van der Waals surface area contributed by atoms with Gasteiger partial charge in [-0.05, 0) is 31.9 Å². The molecule has 2 aliphatic rings. The minimum atomic E-state index is -3.62.